The maximum absolute atomic E-state index is 15.1. The summed E-state index contributed by atoms with van der Waals surface area (Å²) in [4.78, 5) is 257. The molecule has 622 valence electrons. The molecule has 2 aliphatic rings. The molecule has 26 N–H and O–H groups in total. The van der Waals surface area contributed by atoms with Crippen molar-refractivity contribution in [1.82, 2.24) is 74.0 Å². The average molecular weight is 1590 g/mol. The van der Waals surface area contributed by atoms with Gasteiger partial charge in [0.25, 0.3) is 0 Å². The number of benzene rings is 1. The van der Waals surface area contributed by atoms with Gasteiger partial charge in [0.2, 0.25) is 100 Å². The highest BCUT2D eigenvalue weighted by atomic mass is 16.4. The Kier molecular flexibility index (Phi) is 39.9. The number of aliphatic hydroxyl groups is 3. The lowest BCUT2D eigenvalue weighted by atomic mass is 9.90. The number of primary amides is 3. The number of unbranched alkanes of at least 4 members (excludes halogenated alkanes) is 1. The fraction of sp³-hybridized carbons (Fsp3) is 0.614. The third-order valence-electron chi connectivity index (χ3n) is 18.6. The normalized spacial score (nSPS) is 21.7. The molecule has 17 amide bonds. The van der Waals surface area contributed by atoms with Crippen molar-refractivity contribution in [1.29, 1.82) is 0 Å². The molecule has 112 heavy (non-hydrogen) atoms. The zero-order chi connectivity index (χ0) is 84.2. The molecule has 2 aliphatic heterocycles. The molecular weight excluding hydrogens is 1480 g/mol. The number of amides is 17. The van der Waals surface area contributed by atoms with Crippen LogP contribution in [0.25, 0.3) is 0 Å². The molecule has 0 saturated carbocycles. The summed E-state index contributed by atoms with van der Waals surface area (Å²) in [5.41, 5.74) is 18.4. The third kappa shape index (κ3) is 31.6. The monoisotopic (exact) mass is 1580 g/mol. The zero-order valence-corrected chi connectivity index (χ0v) is 63.2. The number of nitrogens with zero attached hydrogens (tertiary/aromatic N) is 1. The Balaban J connectivity index is 2.06. The summed E-state index contributed by atoms with van der Waals surface area (Å²) in [7, 11) is 0. The number of carboxylic acids is 2. The van der Waals surface area contributed by atoms with Gasteiger partial charge < -0.3 is 122 Å². The highest BCUT2D eigenvalue weighted by Gasteiger charge is 2.44. The minimum Gasteiger partial charge on any atom is -0.481 e. The van der Waals surface area contributed by atoms with Crippen LogP contribution in [0.3, 0.4) is 0 Å². The van der Waals surface area contributed by atoms with Crippen LogP contribution in [0.5, 0.6) is 0 Å². The fourth-order valence-electron chi connectivity index (χ4n) is 11.9. The molecule has 0 aliphatic carbocycles. The van der Waals surface area contributed by atoms with Crippen molar-refractivity contribution in [2.75, 3.05) is 39.5 Å². The van der Waals surface area contributed by atoms with Gasteiger partial charge in [0, 0.05) is 26.3 Å². The number of nitrogens with one attached hydrogen (secondary N) is 13. The summed E-state index contributed by atoms with van der Waals surface area (Å²) in [5, 5.41) is 80.4. The van der Waals surface area contributed by atoms with Crippen LogP contribution in [-0.2, 0) is 97.5 Å². The van der Waals surface area contributed by atoms with E-state index in [0.29, 0.717) is 12.0 Å². The van der Waals surface area contributed by atoms with Crippen LogP contribution in [0.2, 0.25) is 0 Å². The van der Waals surface area contributed by atoms with Gasteiger partial charge in [0.05, 0.1) is 45.6 Å². The number of hydrogen-bond acceptors (Lipinski definition) is 23. The van der Waals surface area contributed by atoms with E-state index in [4.69, 9.17) is 22.9 Å². The van der Waals surface area contributed by atoms with Crippen molar-refractivity contribution in [2.24, 2.45) is 28.9 Å². The van der Waals surface area contributed by atoms with E-state index < -0.39 is 254 Å². The van der Waals surface area contributed by atoms with Crippen molar-refractivity contribution in [2.45, 2.75) is 228 Å². The number of hydrogen-bond donors (Lipinski definition) is 22. The molecule has 0 spiro atoms. The lowest BCUT2D eigenvalue weighted by Crippen LogP contribution is -2.66. The van der Waals surface area contributed by atoms with Gasteiger partial charge in [0.1, 0.15) is 77.5 Å². The Morgan fingerprint density at radius 3 is 1.73 bits per heavy atom. The highest BCUT2D eigenvalue weighted by molar-refractivity contribution is 6.03. The molecule has 1 fully saturated rings. The molecule has 0 aromatic heterocycles. The minimum absolute atomic E-state index is 0.0198. The van der Waals surface area contributed by atoms with Gasteiger partial charge in [-0.05, 0) is 109 Å². The molecule has 1 aromatic rings. The Labute approximate surface area is 644 Å². The first-order chi connectivity index (χ1) is 52.8. The second kappa shape index (κ2) is 47.1. The highest BCUT2D eigenvalue weighted by Crippen LogP contribution is 2.22. The van der Waals surface area contributed by atoms with Crippen LogP contribution in [0.4, 0.5) is 0 Å². The van der Waals surface area contributed by atoms with Crippen LogP contribution >= 0.6 is 0 Å². The number of nitrogens with two attached hydrogens (primary N) is 4. The molecule has 0 unspecified atom stereocenters. The number of rotatable bonds is 39. The van der Waals surface area contributed by atoms with Gasteiger partial charge in [-0.2, -0.15) is 0 Å². The van der Waals surface area contributed by atoms with Crippen molar-refractivity contribution >= 4 is 112 Å². The second-order valence-electron chi connectivity index (χ2n) is 27.7. The number of carbonyl (C=O) groups excluding carboxylic acids is 17. The van der Waals surface area contributed by atoms with Crippen molar-refractivity contribution < 1.29 is 117 Å². The van der Waals surface area contributed by atoms with E-state index in [9.17, 15) is 112 Å². The van der Waals surface area contributed by atoms with Gasteiger partial charge in [-0.1, -0.05) is 62.8 Å². The second-order valence-corrected chi connectivity index (χ2v) is 27.7. The maximum Gasteiger partial charge on any atom is 0.305 e. The minimum atomic E-state index is -2.13. The molecule has 14 atom stereocenters. The summed E-state index contributed by atoms with van der Waals surface area (Å²) in [6.07, 6.45) is -0.383. The molecule has 42 heteroatoms. The fourth-order valence-corrected chi connectivity index (χ4v) is 11.9. The van der Waals surface area contributed by atoms with E-state index in [1.165, 1.54) is 32.6 Å². The molecule has 0 bridgehead atoms. The van der Waals surface area contributed by atoms with Crippen LogP contribution in [0.15, 0.2) is 42.5 Å². The van der Waals surface area contributed by atoms with Crippen LogP contribution in [0, 0.1) is 5.92 Å². The molecule has 2 heterocycles. The zero-order valence-electron chi connectivity index (χ0n) is 63.2. The van der Waals surface area contributed by atoms with Crippen LogP contribution < -0.4 is 92.1 Å². The van der Waals surface area contributed by atoms with E-state index in [2.05, 4.69) is 69.1 Å². The first kappa shape index (κ1) is 94.9. The lowest BCUT2D eigenvalue weighted by Gasteiger charge is -2.34. The van der Waals surface area contributed by atoms with Crippen molar-refractivity contribution in [3.63, 3.8) is 0 Å². The van der Waals surface area contributed by atoms with Crippen molar-refractivity contribution in [3.8, 4) is 0 Å². The van der Waals surface area contributed by atoms with E-state index in [1.54, 1.807) is 49.4 Å². The number of likely N-dealkylation sites (tertiary alicyclic amines) is 1. The Morgan fingerprint density at radius 2 is 1.18 bits per heavy atom. The number of aliphatic carboxylic acids is 2. The topological polar surface area (TPSA) is 689 Å². The molecule has 42 nitrogen and oxygen atoms in total. The smallest absolute Gasteiger partial charge is 0.305 e. The maximum atomic E-state index is 15.1. The van der Waals surface area contributed by atoms with E-state index >= 15 is 4.79 Å². The predicted molar refractivity (Wildman–Crippen MR) is 392 cm³/mol. The summed E-state index contributed by atoms with van der Waals surface area (Å²) in [6.45, 7) is 3.09. The third-order valence-corrected chi connectivity index (χ3v) is 18.6. The number of carbonyl (C=O) groups is 19. The van der Waals surface area contributed by atoms with E-state index in [1.807, 2.05) is 0 Å². The SMILES string of the molecule is CC[C@H](C)[C@@H]1NC(=O)[C@@](C)(NC(=O)[C@H](CC(N)=O)NC(=O)[C@H](CO)NC(=O)CNC(=O)[C@H](CO)NC(=O)[C@@H]2CCCN2C(C)=O)CCC/C=C/CCC[C@@](C)(C(=O)N[C@@H](Cc2ccccc2)C(=O)N[C@@H](CCCCN)C(=O)N[C@@H](CCC(=O)O)C(=O)N[C@@H](CC(=O)O)C(N)=O)NC(=O)[C@H](CC(N)=O)NC(=O)[C@H](CO)NC1=O. The molecular formula is C70H108N18O24. The summed E-state index contributed by atoms with van der Waals surface area (Å²) in [6, 6.07) is -10.7. The summed E-state index contributed by atoms with van der Waals surface area (Å²) < 4.78 is 0. The standard InChI is InChI=1S/C70H108N18O24/c1-6-37(2)55-66(110)83-48(36-91)62(106)81-45(31-51(73)94)63(107)86-69(4,67(111)84-43(29-39-19-12-11-13-20-39)60(104)77-40(21-14-17-27-71)58(102)78-41(23-24-53(96)97)59(103)79-42(56(74)100)32-54(98)99)25-15-9-7-8-10-16-26-70(5,68(112)85-55)87-64(108)44(30-50(72)93)80-61(105)47(35-90)76-52(95)33-75-57(101)46(34-89)82-65(109)49-22-18-28-88(49)38(3)92/h7-8,11-13,19-20,37,40-49,55,89-91H,6,9-10,14-18,21-36,71H2,1-5H3,(H2,72,93)(H2,73,94)(H2,74,100)(H,75,101)(H,76,95)(H,77,104)(H,78,102)(H,79,103)(H,80,105)(H,81,106)(H,82,109)(H,83,110)(H,84,111)(H,85,112)(H,86,107)(H,87,108)(H,96,97)(H,98,99)/b8-7+/t37-,40-,41-,42-,43-,44-,45-,46-,47-,48-,49-,55-,69-,70-/m0/s1. The van der Waals surface area contributed by atoms with Gasteiger partial charge in [0.15, 0.2) is 0 Å². The Morgan fingerprint density at radius 1 is 0.607 bits per heavy atom. The average Bonchev–Trinajstić information content (AvgIpc) is 0.939. The van der Waals surface area contributed by atoms with Crippen molar-refractivity contribution in [3.05, 3.63) is 48.0 Å². The number of allylic oxidation sites excluding steroid dienone is 2. The van der Waals surface area contributed by atoms with E-state index in [0.717, 1.165) is 0 Å². The quantitative estimate of drug-likeness (QED) is 0.0215. The van der Waals surface area contributed by atoms with Gasteiger partial charge in [-0.3, -0.25) is 91.1 Å². The first-order valence-electron chi connectivity index (χ1n) is 36.5. The molecule has 1 aromatic carbocycles. The van der Waals surface area contributed by atoms with Gasteiger partial charge in [-0.25, -0.2) is 0 Å². The molecule has 3 rings (SSSR count). The summed E-state index contributed by atoms with van der Waals surface area (Å²) in [5.74, 6) is -22.4. The predicted octanol–water partition coefficient (Wildman–Crippen LogP) is -8.41. The lowest BCUT2D eigenvalue weighted by molar-refractivity contribution is -0.141. The van der Waals surface area contributed by atoms with Crippen LogP contribution in [-0.4, -0.2) is 260 Å². The Hall–Kier alpha value is -11.3. The van der Waals surface area contributed by atoms with E-state index in [-0.39, 0.29) is 90.1 Å². The largest absolute Gasteiger partial charge is 0.481 e. The molecule has 1 saturated heterocycles. The molecule has 0 radical (unpaired) electrons. The summed E-state index contributed by atoms with van der Waals surface area (Å²) >= 11 is 0. The van der Waals surface area contributed by atoms with Gasteiger partial charge in [-0.15, -0.1) is 0 Å². The van der Waals surface area contributed by atoms with Gasteiger partial charge >= 0.3 is 11.9 Å². The first-order valence-corrected chi connectivity index (χ1v) is 36.5. The van der Waals surface area contributed by atoms with Crippen LogP contribution in [0.1, 0.15) is 149 Å². The number of aliphatic hydroxyl groups excluding tert-OH is 3. The Bertz CT molecular complexity index is 3570. The number of carboxylic acid groups (broad SMARTS) is 2.